The molecule has 3 aliphatic carbocycles. The molecular weight excluding hydrogens is 170 g/mol. The molecule has 3 rings (SSSR count). The van der Waals surface area contributed by atoms with Gasteiger partial charge in [-0.15, -0.1) is 0 Å². The average Bonchev–Trinajstić information content (AvgIpc) is 2.70. The van der Waals surface area contributed by atoms with E-state index in [-0.39, 0.29) is 0 Å². The summed E-state index contributed by atoms with van der Waals surface area (Å²) >= 11 is 0. The Morgan fingerprint density at radius 1 is 0.786 bits per heavy atom. The standard InChI is InChI=1S/C13H23N/c14-13(9-5-1-2-6-9)12-10-7-3-4-8-11(10)12/h9-13H,1-8,14H2. The van der Waals surface area contributed by atoms with E-state index in [4.69, 9.17) is 5.73 Å². The predicted octanol–water partition coefficient (Wildman–Crippen LogP) is 2.94. The lowest BCUT2D eigenvalue weighted by molar-refractivity contribution is 0.372. The summed E-state index contributed by atoms with van der Waals surface area (Å²) in [7, 11) is 0. The number of rotatable bonds is 2. The first-order chi connectivity index (χ1) is 6.88. The Balaban J connectivity index is 1.60. The van der Waals surface area contributed by atoms with Crippen molar-refractivity contribution in [3.63, 3.8) is 0 Å². The van der Waals surface area contributed by atoms with E-state index in [9.17, 15) is 0 Å². The van der Waals surface area contributed by atoms with Gasteiger partial charge in [0.1, 0.15) is 0 Å². The maximum atomic E-state index is 6.44. The van der Waals surface area contributed by atoms with Crippen LogP contribution in [-0.4, -0.2) is 6.04 Å². The summed E-state index contributed by atoms with van der Waals surface area (Å²) in [5, 5.41) is 0. The Morgan fingerprint density at radius 2 is 1.29 bits per heavy atom. The molecule has 80 valence electrons. The van der Waals surface area contributed by atoms with Crippen molar-refractivity contribution in [2.24, 2.45) is 29.4 Å². The molecular formula is C13H23N. The molecule has 0 radical (unpaired) electrons. The number of fused-ring (bicyclic) bond motifs is 1. The van der Waals surface area contributed by atoms with Gasteiger partial charge in [0.05, 0.1) is 0 Å². The second-order valence-electron chi connectivity index (χ2n) is 5.81. The average molecular weight is 193 g/mol. The molecule has 14 heavy (non-hydrogen) atoms. The minimum atomic E-state index is 0.575. The smallest absolute Gasteiger partial charge is 0.0101 e. The topological polar surface area (TPSA) is 26.0 Å². The monoisotopic (exact) mass is 193 g/mol. The lowest BCUT2D eigenvalue weighted by Crippen LogP contribution is -2.31. The Kier molecular flexibility index (Phi) is 2.31. The molecule has 0 aliphatic heterocycles. The quantitative estimate of drug-likeness (QED) is 0.717. The molecule has 1 nitrogen and oxygen atoms in total. The van der Waals surface area contributed by atoms with E-state index in [2.05, 4.69) is 0 Å². The van der Waals surface area contributed by atoms with Gasteiger partial charge in [0.2, 0.25) is 0 Å². The molecule has 0 aromatic carbocycles. The zero-order valence-corrected chi connectivity index (χ0v) is 9.12. The number of hydrogen-bond donors (Lipinski definition) is 1. The van der Waals surface area contributed by atoms with Crippen molar-refractivity contribution in [2.75, 3.05) is 0 Å². The molecule has 0 saturated heterocycles. The van der Waals surface area contributed by atoms with Crippen LogP contribution >= 0.6 is 0 Å². The molecule has 3 saturated carbocycles. The van der Waals surface area contributed by atoms with Crippen molar-refractivity contribution in [3.8, 4) is 0 Å². The Bertz CT molecular complexity index is 195. The Morgan fingerprint density at radius 3 is 1.86 bits per heavy atom. The highest BCUT2D eigenvalue weighted by atomic mass is 14.8. The summed E-state index contributed by atoms with van der Waals surface area (Å²) in [5.41, 5.74) is 6.44. The van der Waals surface area contributed by atoms with Gasteiger partial charge in [-0.2, -0.15) is 0 Å². The van der Waals surface area contributed by atoms with E-state index in [1.165, 1.54) is 51.4 Å². The summed E-state index contributed by atoms with van der Waals surface area (Å²) in [6.45, 7) is 0. The summed E-state index contributed by atoms with van der Waals surface area (Å²) in [6, 6.07) is 0.575. The van der Waals surface area contributed by atoms with Crippen molar-refractivity contribution in [1.82, 2.24) is 0 Å². The first-order valence-corrected chi connectivity index (χ1v) is 6.63. The maximum Gasteiger partial charge on any atom is 0.0101 e. The second-order valence-corrected chi connectivity index (χ2v) is 5.81. The lowest BCUT2D eigenvalue weighted by Gasteiger charge is -2.19. The van der Waals surface area contributed by atoms with Gasteiger partial charge >= 0.3 is 0 Å². The normalized spacial score (nSPS) is 44.8. The Labute approximate surface area is 87.4 Å². The van der Waals surface area contributed by atoms with Gasteiger partial charge in [0, 0.05) is 6.04 Å². The summed E-state index contributed by atoms with van der Waals surface area (Å²) < 4.78 is 0. The molecule has 0 amide bonds. The van der Waals surface area contributed by atoms with Gasteiger partial charge in [-0.05, 0) is 49.4 Å². The van der Waals surface area contributed by atoms with Crippen LogP contribution in [0.25, 0.3) is 0 Å². The van der Waals surface area contributed by atoms with Gasteiger partial charge in [-0.1, -0.05) is 25.7 Å². The van der Waals surface area contributed by atoms with Crippen LogP contribution in [0.1, 0.15) is 51.4 Å². The van der Waals surface area contributed by atoms with Gasteiger partial charge in [-0.25, -0.2) is 0 Å². The van der Waals surface area contributed by atoms with Gasteiger partial charge in [-0.3, -0.25) is 0 Å². The molecule has 3 aliphatic rings. The molecule has 0 spiro atoms. The van der Waals surface area contributed by atoms with Gasteiger partial charge in [0.15, 0.2) is 0 Å². The molecule has 2 N–H and O–H groups in total. The van der Waals surface area contributed by atoms with E-state index in [1.807, 2.05) is 0 Å². The minimum Gasteiger partial charge on any atom is -0.327 e. The molecule has 0 heterocycles. The molecule has 1 heteroatoms. The van der Waals surface area contributed by atoms with Crippen molar-refractivity contribution in [2.45, 2.75) is 57.4 Å². The SMILES string of the molecule is NC(C1CCCC1)C1C2CCCCC21. The van der Waals surface area contributed by atoms with Crippen LogP contribution in [-0.2, 0) is 0 Å². The highest BCUT2D eigenvalue weighted by Crippen LogP contribution is 2.58. The third-order valence-electron chi connectivity index (χ3n) is 5.11. The highest BCUT2D eigenvalue weighted by molar-refractivity contribution is 5.05. The predicted molar refractivity (Wildman–Crippen MR) is 58.9 cm³/mol. The maximum absolute atomic E-state index is 6.44. The van der Waals surface area contributed by atoms with Crippen LogP contribution in [0.4, 0.5) is 0 Å². The van der Waals surface area contributed by atoms with Gasteiger partial charge < -0.3 is 5.73 Å². The van der Waals surface area contributed by atoms with Crippen LogP contribution in [0.15, 0.2) is 0 Å². The summed E-state index contributed by atoms with van der Waals surface area (Å²) in [4.78, 5) is 0. The van der Waals surface area contributed by atoms with Crippen LogP contribution in [0.3, 0.4) is 0 Å². The van der Waals surface area contributed by atoms with Crippen LogP contribution in [0.5, 0.6) is 0 Å². The van der Waals surface area contributed by atoms with Crippen LogP contribution in [0, 0.1) is 23.7 Å². The van der Waals surface area contributed by atoms with Crippen molar-refractivity contribution < 1.29 is 0 Å². The minimum absolute atomic E-state index is 0.575. The highest BCUT2D eigenvalue weighted by Gasteiger charge is 2.54. The first kappa shape index (κ1) is 9.21. The van der Waals surface area contributed by atoms with E-state index < -0.39 is 0 Å². The Hall–Kier alpha value is -0.0400. The molecule has 0 aromatic rings. The fourth-order valence-corrected chi connectivity index (χ4v) is 4.28. The van der Waals surface area contributed by atoms with Crippen molar-refractivity contribution >= 4 is 0 Å². The fraction of sp³-hybridized carbons (Fsp3) is 1.00. The molecule has 3 unspecified atom stereocenters. The first-order valence-electron chi connectivity index (χ1n) is 6.63. The van der Waals surface area contributed by atoms with E-state index >= 15 is 0 Å². The second kappa shape index (κ2) is 3.52. The van der Waals surface area contributed by atoms with Crippen LogP contribution < -0.4 is 5.73 Å². The zero-order chi connectivity index (χ0) is 9.54. The zero-order valence-electron chi connectivity index (χ0n) is 9.12. The van der Waals surface area contributed by atoms with Crippen LogP contribution in [0.2, 0.25) is 0 Å². The van der Waals surface area contributed by atoms with E-state index in [0.29, 0.717) is 6.04 Å². The van der Waals surface area contributed by atoms with E-state index in [1.54, 1.807) is 0 Å². The summed E-state index contributed by atoms with van der Waals surface area (Å²) in [5.74, 6) is 3.95. The third-order valence-corrected chi connectivity index (χ3v) is 5.11. The van der Waals surface area contributed by atoms with Crippen molar-refractivity contribution in [3.05, 3.63) is 0 Å². The summed E-state index contributed by atoms with van der Waals surface area (Å²) in [6.07, 6.45) is 11.7. The fourth-order valence-electron chi connectivity index (χ4n) is 4.28. The third kappa shape index (κ3) is 1.41. The molecule has 3 atom stereocenters. The largest absolute Gasteiger partial charge is 0.327 e. The molecule has 0 bridgehead atoms. The lowest BCUT2D eigenvalue weighted by atomic mass is 9.93. The number of nitrogens with two attached hydrogens (primary N) is 1. The molecule has 3 fully saturated rings. The van der Waals surface area contributed by atoms with Crippen molar-refractivity contribution in [1.29, 1.82) is 0 Å². The number of hydrogen-bond acceptors (Lipinski definition) is 1. The molecule has 0 aromatic heterocycles. The van der Waals surface area contributed by atoms with E-state index in [0.717, 1.165) is 23.7 Å². The van der Waals surface area contributed by atoms with Gasteiger partial charge in [0.25, 0.3) is 0 Å².